The Morgan fingerprint density at radius 3 is 2.74 bits per heavy atom. The van der Waals surface area contributed by atoms with Gasteiger partial charge in [-0.1, -0.05) is 31.9 Å². The second kappa shape index (κ2) is 7.94. The molecule has 2 N–H and O–H groups in total. The van der Waals surface area contributed by atoms with Crippen molar-refractivity contribution in [1.82, 2.24) is 15.3 Å². The van der Waals surface area contributed by atoms with Crippen molar-refractivity contribution in [2.75, 3.05) is 11.9 Å². The van der Waals surface area contributed by atoms with E-state index in [9.17, 15) is 4.79 Å². The van der Waals surface area contributed by atoms with E-state index in [1.807, 2.05) is 6.92 Å². The number of rotatable bonds is 7. The lowest BCUT2D eigenvalue weighted by molar-refractivity contribution is -0.121. The Balaban J connectivity index is 2.75. The highest BCUT2D eigenvalue weighted by molar-refractivity contribution is 6.30. The van der Waals surface area contributed by atoms with Crippen LogP contribution >= 0.6 is 11.6 Å². The molecule has 1 amide bonds. The summed E-state index contributed by atoms with van der Waals surface area (Å²) in [7, 11) is 0. The van der Waals surface area contributed by atoms with E-state index in [1.165, 1.54) is 6.33 Å². The number of anilines is 1. The third kappa shape index (κ3) is 4.67. The Morgan fingerprint density at radius 2 is 2.11 bits per heavy atom. The van der Waals surface area contributed by atoms with Gasteiger partial charge in [0.1, 0.15) is 23.3 Å². The summed E-state index contributed by atoms with van der Waals surface area (Å²) in [6.45, 7) is 6.56. The van der Waals surface area contributed by atoms with Crippen LogP contribution in [0.3, 0.4) is 0 Å². The van der Waals surface area contributed by atoms with Gasteiger partial charge < -0.3 is 10.6 Å². The van der Waals surface area contributed by atoms with Crippen LogP contribution in [-0.2, 0) is 11.2 Å². The summed E-state index contributed by atoms with van der Waals surface area (Å²) in [5, 5.41) is 6.38. The van der Waals surface area contributed by atoms with Crippen LogP contribution in [-0.4, -0.2) is 28.5 Å². The van der Waals surface area contributed by atoms with E-state index < -0.39 is 0 Å². The molecular weight excluding hydrogens is 264 g/mol. The number of hydrogen-bond donors (Lipinski definition) is 2. The van der Waals surface area contributed by atoms with Crippen molar-refractivity contribution in [3.63, 3.8) is 0 Å². The summed E-state index contributed by atoms with van der Waals surface area (Å²) in [5.41, 5.74) is 0.863. The van der Waals surface area contributed by atoms with E-state index in [4.69, 9.17) is 11.6 Å². The molecule has 0 bridgehead atoms. The van der Waals surface area contributed by atoms with Crippen LogP contribution in [0.1, 0.15) is 39.2 Å². The number of carbonyl (C=O) groups excluding carboxylic acids is 1. The molecule has 0 aliphatic heterocycles. The van der Waals surface area contributed by atoms with Gasteiger partial charge in [0.15, 0.2) is 0 Å². The molecule has 0 aromatic carbocycles. The summed E-state index contributed by atoms with van der Waals surface area (Å²) in [6.07, 6.45) is 4.04. The van der Waals surface area contributed by atoms with E-state index in [2.05, 4.69) is 27.5 Å². The first kappa shape index (κ1) is 15.7. The number of hydrogen-bond acceptors (Lipinski definition) is 4. The van der Waals surface area contributed by atoms with Gasteiger partial charge in [0, 0.05) is 12.1 Å². The van der Waals surface area contributed by atoms with Crippen molar-refractivity contribution in [1.29, 1.82) is 0 Å². The number of carbonyl (C=O) groups is 1. The van der Waals surface area contributed by atoms with Gasteiger partial charge in [0.25, 0.3) is 0 Å². The van der Waals surface area contributed by atoms with Crippen molar-refractivity contribution in [3.8, 4) is 0 Å². The van der Waals surface area contributed by atoms with E-state index in [0.29, 0.717) is 17.5 Å². The van der Waals surface area contributed by atoms with E-state index in [0.717, 1.165) is 24.8 Å². The Hall–Kier alpha value is -1.36. The van der Waals surface area contributed by atoms with Gasteiger partial charge in [0.2, 0.25) is 5.91 Å². The first-order valence-corrected chi connectivity index (χ1v) is 7.01. The summed E-state index contributed by atoms with van der Waals surface area (Å²) in [4.78, 5) is 20.0. The minimum Gasteiger partial charge on any atom is -0.358 e. The van der Waals surface area contributed by atoms with Crippen LogP contribution in [0.15, 0.2) is 6.33 Å². The Kier molecular flexibility index (Phi) is 6.56. The lowest BCUT2D eigenvalue weighted by Gasteiger charge is -2.17. The first-order valence-electron chi connectivity index (χ1n) is 6.63. The molecule has 1 aromatic heterocycles. The van der Waals surface area contributed by atoms with Crippen molar-refractivity contribution in [3.05, 3.63) is 17.0 Å². The van der Waals surface area contributed by atoms with E-state index >= 15 is 0 Å². The molecule has 0 aliphatic rings. The third-order valence-corrected chi connectivity index (χ3v) is 3.01. The number of amides is 1. The fourth-order valence-electron chi connectivity index (χ4n) is 1.66. The number of nitrogens with one attached hydrogen (secondary N) is 2. The van der Waals surface area contributed by atoms with Gasteiger partial charge in [-0.25, -0.2) is 9.97 Å². The average Bonchev–Trinajstić information content (AvgIpc) is 2.39. The lowest BCUT2D eigenvalue weighted by Crippen LogP contribution is -2.38. The van der Waals surface area contributed by atoms with Crippen molar-refractivity contribution < 1.29 is 4.79 Å². The summed E-state index contributed by atoms with van der Waals surface area (Å²) < 4.78 is 0. The molecule has 1 rings (SSSR count). The largest absolute Gasteiger partial charge is 0.358 e. The molecule has 0 spiro atoms. The van der Waals surface area contributed by atoms with Crippen LogP contribution in [0.4, 0.5) is 5.82 Å². The smallest absolute Gasteiger partial charge is 0.242 e. The molecule has 0 radical (unpaired) electrons. The van der Waals surface area contributed by atoms with Gasteiger partial charge >= 0.3 is 0 Å². The van der Waals surface area contributed by atoms with Gasteiger partial charge in [0.05, 0.1) is 0 Å². The van der Waals surface area contributed by atoms with Gasteiger partial charge in [-0.3, -0.25) is 4.79 Å². The maximum atomic E-state index is 11.8. The zero-order valence-corrected chi connectivity index (χ0v) is 12.4. The van der Waals surface area contributed by atoms with Crippen molar-refractivity contribution >= 4 is 23.3 Å². The van der Waals surface area contributed by atoms with Crippen LogP contribution in [0.5, 0.6) is 0 Å². The van der Waals surface area contributed by atoms with Crippen LogP contribution < -0.4 is 10.6 Å². The summed E-state index contributed by atoms with van der Waals surface area (Å²) >= 11 is 6.06. The fourth-order valence-corrected chi connectivity index (χ4v) is 1.89. The Bertz CT molecular complexity index is 425. The van der Waals surface area contributed by atoms with Crippen molar-refractivity contribution in [2.24, 2.45) is 0 Å². The topological polar surface area (TPSA) is 66.9 Å². The molecule has 0 saturated carbocycles. The minimum atomic E-state index is -0.354. The van der Waals surface area contributed by atoms with E-state index in [1.54, 1.807) is 6.92 Å². The molecule has 19 heavy (non-hydrogen) atoms. The number of nitrogens with zero attached hydrogens (tertiary/aromatic N) is 2. The predicted octanol–water partition coefficient (Wildman–Crippen LogP) is 2.41. The SMILES string of the molecule is CCCNC(=O)C(C)Nc1ncnc(Cl)c1CCC. The molecule has 1 heterocycles. The molecule has 1 unspecified atom stereocenters. The summed E-state index contributed by atoms with van der Waals surface area (Å²) in [5.74, 6) is 0.597. The molecule has 0 aliphatic carbocycles. The normalized spacial score (nSPS) is 12.0. The molecular formula is C13H21ClN4O. The molecule has 0 fully saturated rings. The molecule has 6 heteroatoms. The second-order valence-corrected chi connectivity index (χ2v) is 4.76. The maximum Gasteiger partial charge on any atom is 0.242 e. The van der Waals surface area contributed by atoms with E-state index in [-0.39, 0.29) is 11.9 Å². The summed E-state index contributed by atoms with van der Waals surface area (Å²) in [6, 6.07) is -0.354. The van der Waals surface area contributed by atoms with Gasteiger partial charge in [-0.05, 0) is 19.8 Å². The average molecular weight is 285 g/mol. The van der Waals surface area contributed by atoms with Crippen molar-refractivity contribution in [2.45, 2.75) is 46.1 Å². The third-order valence-electron chi connectivity index (χ3n) is 2.69. The fraction of sp³-hybridized carbons (Fsp3) is 0.615. The zero-order chi connectivity index (χ0) is 14.3. The zero-order valence-electron chi connectivity index (χ0n) is 11.7. The molecule has 106 valence electrons. The monoisotopic (exact) mass is 284 g/mol. The van der Waals surface area contributed by atoms with Crippen LogP contribution in [0, 0.1) is 0 Å². The Labute approximate surface area is 119 Å². The molecule has 5 nitrogen and oxygen atoms in total. The van der Waals surface area contributed by atoms with Gasteiger partial charge in [-0.15, -0.1) is 0 Å². The molecule has 1 aromatic rings. The number of aromatic nitrogens is 2. The quantitative estimate of drug-likeness (QED) is 0.755. The highest BCUT2D eigenvalue weighted by Gasteiger charge is 2.16. The molecule has 0 saturated heterocycles. The first-order chi connectivity index (χ1) is 9.10. The number of halogens is 1. The molecule has 1 atom stereocenters. The van der Waals surface area contributed by atoms with Crippen LogP contribution in [0.25, 0.3) is 0 Å². The second-order valence-electron chi connectivity index (χ2n) is 4.40. The standard InChI is InChI=1S/C13H21ClN4O/c1-4-6-10-11(14)16-8-17-12(10)18-9(3)13(19)15-7-5-2/h8-9H,4-7H2,1-3H3,(H,15,19)(H,16,17,18). The van der Waals surface area contributed by atoms with Gasteiger partial charge in [-0.2, -0.15) is 0 Å². The maximum absolute atomic E-state index is 11.8. The highest BCUT2D eigenvalue weighted by Crippen LogP contribution is 2.21. The minimum absolute atomic E-state index is 0.0426. The van der Waals surface area contributed by atoms with Crippen LogP contribution in [0.2, 0.25) is 5.15 Å². The highest BCUT2D eigenvalue weighted by atomic mass is 35.5. The lowest BCUT2D eigenvalue weighted by atomic mass is 10.1. The Morgan fingerprint density at radius 1 is 1.37 bits per heavy atom. The predicted molar refractivity (Wildman–Crippen MR) is 77.4 cm³/mol.